The summed E-state index contributed by atoms with van der Waals surface area (Å²) in [4.78, 5) is 17.2. The monoisotopic (exact) mass is 427 g/mol. The predicted molar refractivity (Wildman–Crippen MR) is 103 cm³/mol. The molecule has 0 unspecified atom stereocenters. The molecule has 3 rings (SSSR count). The van der Waals surface area contributed by atoms with E-state index in [1.807, 2.05) is 19.1 Å². The summed E-state index contributed by atoms with van der Waals surface area (Å²) in [5.74, 6) is -0.918. The minimum Gasteiger partial charge on any atom is -0.748 e. The fourth-order valence-corrected chi connectivity index (χ4v) is 5.14. The number of thiazole rings is 1. The van der Waals surface area contributed by atoms with Crippen LogP contribution in [0.25, 0.3) is 21.5 Å². The SMILES string of the molecule is Cc1cc(C)c(-c2c(CS(=O)(=O)[O-])c3scnc3n(CC(F)F)c2=O)c(C)c1. The standard InChI is InChI=1S/C18H18F2N2O4S2/c1-9-4-10(2)14(11(3)5-9)15-12(7-28(24,25)26)16-17(21-8-27-16)22(18(15)23)6-13(19)20/h4-5,8,13H,6-7H2,1-3H3,(H,24,25,26)/p-1. The summed E-state index contributed by atoms with van der Waals surface area (Å²) < 4.78 is 62.0. The quantitative estimate of drug-likeness (QED) is 0.582. The fourth-order valence-electron chi connectivity index (χ4n) is 3.57. The van der Waals surface area contributed by atoms with Gasteiger partial charge in [0.15, 0.2) is 5.65 Å². The van der Waals surface area contributed by atoms with Gasteiger partial charge >= 0.3 is 0 Å². The Morgan fingerprint density at radius 1 is 1.18 bits per heavy atom. The highest BCUT2D eigenvalue weighted by molar-refractivity contribution is 7.84. The van der Waals surface area contributed by atoms with Crippen molar-refractivity contribution in [1.82, 2.24) is 9.55 Å². The van der Waals surface area contributed by atoms with Gasteiger partial charge in [-0.05, 0) is 37.5 Å². The van der Waals surface area contributed by atoms with Crippen molar-refractivity contribution in [1.29, 1.82) is 0 Å². The molecule has 0 fully saturated rings. The molecule has 0 aliphatic rings. The Kier molecular flexibility index (Phi) is 5.39. The Morgan fingerprint density at radius 3 is 2.32 bits per heavy atom. The molecular weight excluding hydrogens is 410 g/mol. The smallest absolute Gasteiger partial charge is 0.260 e. The first-order chi connectivity index (χ1) is 13.0. The first-order valence-corrected chi connectivity index (χ1v) is 10.7. The second-order valence-electron chi connectivity index (χ2n) is 6.64. The number of halogens is 2. The van der Waals surface area contributed by atoms with Crippen LogP contribution in [0, 0.1) is 20.8 Å². The van der Waals surface area contributed by atoms with Gasteiger partial charge in [0, 0.05) is 5.56 Å². The minimum atomic E-state index is -4.73. The molecule has 6 nitrogen and oxygen atoms in total. The van der Waals surface area contributed by atoms with E-state index in [1.165, 1.54) is 5.51 Å². The summed E-state index contributed by atoms with van der Waals surface area (Å²) in [5.41, 5.74) is 3.25. The Labute approximate surface area is 164 Å². The molecule has 0 atom stereocenters. The van der Waals surface area contributed by atoms with Gasteiger partial charge in [0.2, 0.25) is 0 Å². The number of pyridine rings is 1. The molecule has 10 heteroatoms. The molecule has 1 aromatic carbocycles. The lowest BCUT2D eigenvalue weighted by Crippen LogP contribution is -2.27. The second kappa shape index (κ2) is 7.34. The van der Waals surface area contributed by atoms with Crippen LogP contribution in [-0.4, -0.2) is 28.9 Å². The second-order valence-corrected chi connectivity index (χ2v) is 8.90. The zero-order valence-corrected chi connectivity index (χ0v) is 17.0. The molecule has 0 radical (unpaired) electrons. The normalized spacial score (nSPS) is 12.2. The van der Waals surface area contributed by atoms with Crippen LogP contribution in [0.2, 0.25) is 0 Å². The van der Waals surface area contributed by atoms with Gasteiger partial charge in [-0.1, -0.05) is 17.7 Å². The molecule has 0 aliphatic carbocycles. The van der Waals surface area contributed by atoms with Crippen LogP contribution in [0.1, 0.15) is 22.3 Å². The third-order valence-electron chi connectivity index (χ3n) is 4.41. The largest absolute Gasteiger partial charge is 0.748 e. The molecule has 28 heavy (non-hydrogen) atoms. The molecule has 0 saturated heterocycles. The van der Waals surface area contributed by atoms with Crippen LogP contribution in [0.5, 0.6) is 0 Å². The predicted octanol–water partition coefficient (Wildman–Crippen LogP) is 3.36. The molecule has 150 valence electrons. The lowest BCUT2D eigenvalue weighted by atomic mass is 9.92. The van der Waals surface area contributed by atoms with Crippen molar-refractivity contribution < 1.29 is 21.8 Å². The van der Waals surface area contributed by atoms with Crippen molar-refractivity contribution in [2.24, 2.45) is 0 Å². The number of aromatic nitrogens is 2. The summed E-state index contributed by atoms with van der Waals surface area (Å²) in [7, 11) is -4.73. The van der Waals surface area contributed by atoms with Gasteiger partial charge < -0.3 is 4.55 Å². The molecule has 3 aromatic rings. The number of nitrogens with zero attached hydrogens (tertiary/aromatic N) is 2. The maximum Gasteiger partial charge on any atom is 0.260 e. The molecule has 0 bridgehead atoms. The van der Waals surface area contributed by atoms with E-state index >= 15 is 0 Å². The number of aryl methyl sites for hydroxylation is 3. The Balaban J connectivity index is 2.52. The highest BCUT2D eigenvalue weighted by Crippen LogP contribution is 2.35. The fraction of sp³-hybridized carbons (Fsp3) is 0.333. The Morgan fingerprint density at radius 2 is 1.79 bits per heavy atom. The number of hydrogen-bond acceptors (Lipinski definition) is 6. The minimum absolute atomic E-state index is 0.0121. The molecule has 0 saturated carbocycles. The molecule has 0 N–H and O–H groups in total. The van der Waals surface area contributed by atoms with Crippen molar-refractivity contribution in [3.05, 3.63) is 50.3 Å². The summed E-state index contributed by atoms with van der Waals surface area (Å²) in [6, 6.07) is 3.62. The summed E-state index contributed by atoms with van der Waals surface area (Å²) in [6.45, 7) is 4.49. The van der Waals surface area contributed by atoms with E-state index in [0.717, 1.165) is 21.5 Å². The highest BCUT2D eigenvalue weighted by Gasteiger charge is 2.25. The molecule has 0 spiro atoms. The number of rotatable bonds is 5. The average Bonchev–Trinajstić information content (AvgIpc) is 3.01. The average molecular weight is 427 g/mol. The van der Waals surface area contributed by atoms with E-state index < -0.39 is 34.4 Å². The van der Waals surface area contributed by atoms with Crippen molar-refractivity contribution in [3.8, 4) is 11.1 Å². The third kappa shape index (κ3) is 3.85. The molecule has 2 aromatic heterocycles. The van der Waals surface area contributed by atoms with Crippen LogP contribution < -0.4 is 5.56 Å². The summed E-state index contributed by atoms with van der Waals surface area (Å²) >= 11 is 1.01. The van der Waals surface area contributed by atoms with Crippen LogP contribution in [0.4, 0.5) is 8.78 Å². The van der Waals surface area contributed by atoms with Gasteiger partial charge in [0.05, 0.1) is 38.2 Å². The number of hydrogen-bond donors (Lipinski definition) is 0. The number of alkyl halides is 2. The lowest BCUT2D eigenvalue weighted by molar-refractivity contribution is 0.127. The molecule has 0 aliphatic heterocycles. The maximum atomic E-state index is 13.2. The zero-order valence-electron chi connectivity index (χ0n) is 15.3. The van der Waals surface area contributed by atoms with E-state index in [9.17, 15) is 26.5 Å². The van der Waals surface area contributed by atoms with Crippen molar-refractivity contribution in [2.45, 2.75) is 39.5 Å². The van der Waals surface area contributed by atoms with E-state index in [-0.39, 0.29) is 21.5 Å². The summed E-state index contributed by atoms with van der Waals surface area (Å²) in [6.07, 6.45) is -2.80. The van der Waals surface area contributed by atoms with Gasteiger partial charge in [-0.2, -0.15) is 0 Å². The lowest BCUT2D eigenvalue weighted by Gasteiger charge is -2.19. The molecular formula is C18H17F2N2O4S2-. The first kappa shape index (κ1) is 20.6. The van der Waals surface area contributed by atoms with E-state index in [2.05, 4.69) is 4.98 Å². The van der Waals surface area contributed by atoms with E-state index in [1.54, 1.807) is 13.8 Å². The molecule has 0 amide bonds. The van der Waals surface area contributed by atoms with Crippen LogP contribution in [0.15, 0.2) is 22.4 Å². The van der Waals surface area contributed by atoms with Gasteiger partial charge in [-0.15, -0.1) is 11.3 Å². The van der Waals surface area contributed by atoms with Gasteiger partial charge in [0.25, 0.3) is 12.0 Å². The van der Waals surface area contributed by atoms with Crippen LogP contribution in [0.3, 0.4) is 0 Å². The van der Waals surface area contributed by atoms with E-state index in [0.29, 0.717) is 16.7 Å². The molecule has 2 heterocycles. The van der Waals surface area contributed by atoms with Crippen molar-refractivity contribution in [2.75, 3.05) is 0 Å². The van der Waals surface area contributed by atoms with Crippen molar-refractivity contribution in [3.63, 3.8) is 0 Å². The van der Waals surface area contributed by atoms with Crippen LogP contribution in [-0.2, 0) is 22.4 Å². The highest BCUT2D eigenvalue weighted by atomic mass is 32.2. The van der Waals surface area contributed by atoms with Crippen molar-refractivity contribution >= 4 is 31.8 Å². The third-order valence-corrected chi connectivity index (χ3v) is 5.93. The van der Waals surface area contributed by atoms with Gasteiger partial charge in [0.1, 0.15) is 0 Å². The topological polar surface area (TPSA) is 92.1 Å². The van der Waals surface area contributed by atoms with Crippen LogP contribution >= 0.6 is 11.3 Å². The number of benzene rings is 1. The zero-order chi connectivity index (χ0) is 20.8. The maximum absolute atomic E-state index is 13.2. The summed E-state index contributed by atoms with van der Waals surface area (Å²) in [5, 5.41) is 0. The van der Waals surface area contributed by atoms with E-state index in [4.69, 9.17) is 0 Å². The number of fused-ring (bicyclic) bond motifs is 1. The Bertz CT molecular complexity index is 1210. The first-order valence-electron chi connectivity index (χ1n) is 8.28. The Hall–Kier alpha value is -2.17. The van der Waals surface area contributed by atoms with Gasteiger partial charge in [-0.25, -0.2) is 22.2 Å². The van der Waals surface area contributed by atoms with Gasteiger partial charge in [-0.3, -0.25) is 9.36 Å².